The van der Waals surface area contributed by atoms with Crippen molar-refractivity contribution in [2.24, 2.45) is 0 Å². The summed E-state index contributed by atoms with van der Waals surface area (Å²) in [7, 11) is 0. The highest BCUT2D eigenvalue weighted by Crippen LogP contribution is 1.85. The van der Waals surface area contributed by atoms with Crippen LogP contribution in [0.5, 0.6) is 0 Å². The van der Waals surface area contributed by atoms with Gasteiger partial charge in [-0.1, -0.05) is 0 Å². The summed E-state index contributed by atoms with van der Waals surface area (Å²) in [6, 6.07) is 0. The molecule has 0 rings (SSSR count). The molecule has 0 aromatic carbocycles. The summed E-state index contributed by atoms with van der Waals surface area (Å²) in [4.78, 5) is 28.5. The topological polar surface area (TPSA) is 52.6 Å². The number of thiol groups is 2. The van der Waals surface area contributed by atoms with E-state index >= 15 is 0 Å². The van der Waals surface area contributed by atoms with E-state index in [2.05, 4.69) is 35.0 Å². The second-order valence-electron chi connectivity index (χ2n) is 1.31. The predicted molar refractivity (Wildman–Crippen MR) is 39.9 cm³/mol. The Morgan fingerprint density at radius 2 is 1.30 bits per heavy atom. The van der Waals surface area contributed by atoms with E-state index in [1.165, 1.54) is 0 Å². The zero-order valence-electron chi connectivity index (χ0n) is 4.94. The normalized spacial score (nSPS) is 9.40. The third-order valence-electron chi connectivity index (χ3n) is 0.448. The zero-order chi connectivity index (χ0) is 7.98. The molecular weight excluding hydrogens is 176 g/mol. The summed E-state index contributed by atoms with van der Waals surface area (Å²) in [5.41, 5.74) is 0. The fourth-order valence-electron chi connectivity index (χ4n) is 0.184. The summed E-state index contributed by atoms with van der Waals surface area (Å²) in [5.74, 6) is 0. The molecule has 10 heavy (non-hydrogen) atoms. The Morgan fingerprint density at radius 3 is 1.50 bits per heavy atom. The van der Waals surface area contributed by atoms with Gasteiger partial charge in [-0.2, -0.15) is 0 Å². The lowest BCUT2D eigenvalue weighted by molar-refractivity contribution is -0.280. The van der Waals surface area contributed by atoms with E-state index in [-0.39, 0.29) is 13.2 Å². The fourth-order valence-corrected chi connectivity index (χ4v) is 0.290. The molecule has 0 saturated carbocycles. The molecule has 0 saturated heterocycles. The van der Waals surface area contributed by atoms with Gasteiger partial charge in [0.25, 0.3) is 0 Å². The molecule has 0 N–H and O–H groups in total. The zero-order valence-corrected chi connectivity index (χ0v) is 6.73. The van der Waals surface area contributed by atoms with Gasteiger partial charge in [0.1, 0.15) is 0 Å². The molecule has 0 radical (unpaired) electrons. The van der Waals surface area contributed by atoms with Crippen molar-refractivity contribution in [3.63, 3.8) is 0 Å². The Kier molecular flexibility index (Phi) is 5.70. The van der Waals surface area contributed by atoms with Gasteiger partial charge in [-0.25, -0.2) is 9.78 Å². The van der Waals surface area contributed by atoms with Crippen molar-refractivity contribution < 1.29 is 19.4 Å². The highest BCUT2D eigenvalue weighted by Gasteiger charge is 1.96. The third kappa shape index (κ3) is 7.96. The molecular formula is C4H6O4S2. The van der Waals surface area contributed by atoms with Crippen LogP contribution in [0.1, 0.15) is 0 Å². The molecule has 0 atom stereocenters. The Morgan fingerprint density at radius 1 is 1.00 bits per heavy atom. The molecule has 0 aliphatic heterocycles. The van der Waals surface area contributed by atoms with Crippen molar-refractivity contribution in [2.45, 2.75) is 0 Å². The summed E-state index contributed by atoms with van der Waals surface area (Å²) >= 11 is 6.75. The highest BCUT2D eigenvalue weighted by atomic mass is 32.1. The monoisotopic (exact) mass is 182 g/mol. The van der Waals surface area contributed by atoms with Crippen LogP contribution in [-0.2, 0) is 19.4 Å². The summed E-state index contributed by atoms with van der Waals surface area (Å²) < 4.78 is 0. The molecule has 6 heteroatoms. The van der Waals surface area contributed by atoms with Crippen molar-refractivity contribution in [1.82, 2.24) is 0 Å². The van der Waals surface area contributed by atoms with Gasteiger partial charge < -0.3 is 0 Å². The average Bonchev–Trinajstić information content (AvgIpc) is 1.79. The van der Waals surface area contributed by atoms with Crippen molar-refractivity contribution in [1.29, 1.82) is 0 Å². The van der Waals surface area contributed by atoms with E-state index in [0.29, 0.717) is 0 Å². The lowest BCUT2D eigenvalue weighted by Crippen LogP contribution is -2.07. The summed E-state index contributed by atoms with van der Waals surface area (Å²) in [6.45, 7) is -0.547. The quantitative estimate of drug-likeness (QED) is 0.269. The van der Waals surface area contributed by atoms with Crippen LogP contribution in [0.15, 0.2) is 0 Å². The minimum absolute atomic E-state index is 0.274. The Balaban J connectivity index is 3.06. The van der Waals surface area contributed by atoms with Crippen molar-refractivity contribution in [3.05, 3.63) is 0 Å². The first-order valence-corrected chi connectivity index (χ1v) is 3.20. The molecule has 0 unspecified atom stereocenters. The number of carbonyl (C=O) groups is 2. The van der Waals surface area contributed by atoms with Crippen LogP contribution >= 0.6 is 25.3 Å². The number of hydrogen-bond donors (Lipinski definition) is 2. The maximum atomic E-state index is 10.0. The predicted octanol–water partition coefficient (Wildman–Crippen LogP) is -0.153. The average molecular weight is 182 g/mol. The number of carbonyl (C=O) groups excluding carboxylic acids is 2. The van der Waals surface area contributed by atoms with Gasteiger partial charge in [-0.05, 0) is 0 Å². The third-order valence-corrected chi connectivity index (χ3v) is 0.706. The maximum absolute atomic E-state index is 10.0. The van der Waals surface area contributed by atoms with Crippen molar-refractivity contribution >= 4 is 35.5 Å². The first-order chi connectivity index (χ1) is 4.63. The molecule has 4 nitrogen and oxygen atoms in total. The molecule has 0 heterocycles. The Bertz CT molecular complexity index is 119. The van der Waals surface area contributed by atoms with Crippen molar-refractivity contribution in [3.8, 4) is 0 Å². The highest BCUT2D eigenvalue weighted by molar-refractivity contribution is 7.96. The van der Waals surface area contributed by atoms with Crippen LogP contribution < -0.4 is 0 Å². The van der Waals surface area contributed by atoms with E-state index in [9.17, 15) is 9.59 Å². The van der Waals surface area contributed by atoms with Gasteiger partial charge in [-0.15, -0.1) is 25.3 Å². The largest absolute Gasteiger partial charge is 0.285 e. The molecule has 0 bridgehead atoms. The van der Waals surface area contributed by atoms with Crippen LogP contribution in [0.3, 0.4) is 0 Å². The first-order valence-electron chi connectivity index (χ1n) is 2.31. The van der Waals surface area contributed by atoms with Gasteiger partial charge in [-0.3, -0.25) is 9.59 Å². The van der Waals surface area contributed by atoms with Crippen LogP contribution in [0, 0.1) is 0 Å². The van der Waals surface area contributed by atoms with Crippen LogP contribution in [0.4, 0.5) is 0 Å². The van der Waals surface area contributed by atoms with Gasteiger partial charge in [0.2, 0.25) is 10.2 Å². The van der Waals surface area contributed by atoms with E-state index in [1.54, 1.807) is 0 Å². The van der Waals surface area contributed by atoms with Crippen LogP contribution in [-0.4, -0.2) is 23.4 Å². The Labute approximate surface area is 68.6 Å². The van der Waals surface area contributed by atoms with Crippen molar-refractivity contribution in [2.75, 3.05) is 13.2 Å². The van der Waals surface area contributed by atoms with Gasteiger partial charge in [0.15, 0.2) is 13.2 Å². The maximum Gasteiger partial charge on any atom is 0.214 e. The minimum atomic E-state index is -0.466. The summed E-state index contributed by atoms with van der Waals surface area (Å²) in [5, 5.41) is -0.932. The molecule has 0 spiro atoms. The van der Waals surface area contributed by atoms with Crippen LogP contribution in [0.25, 0.3) is 0 Å². The van der Waals surface area contributed by atoms with Gasteiger partial charge >= 0.3 is 0 Å². The molecule has 0 aliphatic rings. The fraction of sp³-hybridized carbons (Fsp3) is 0.500. The minimum Gasteiger partial charge on any atom is -0.285 e. The van der Waals surface area contributed by atoms with E-state index in [1.807, 2.05) is 0 Å². The second kappa shape index (κ2) is 5.72. The second-order valence-corrected chi connectivity index (χ2v) is 2.31. The lowest BCUT2D eigenvalue weighted by Gasteiger charge is -1.96. The smallest absolute Gasteiger partial charge is 0.214 e. The SMILES string of the molecule is O=C(S)COOCC(=O)S. The van der Waals surface area contributed by atoms with Crippen LogP contribution in [0.2, 0.25) is 0 Å². The molecule has 58 valence electrons. The van der Waals surface area contributed by atoms with E-state index in [0.717, 1.165) is 0 Å². The molecule has 0 aliphatic carbocycles. The van der Waals surface area contributed by atoms with E-state index < -0.39 is 10.2 Å². The first kappa shape index (κ1) is 9.96. The van der Waals surface area contributed by atoms with E-state index in [4.69, 9.17) is 0 Å². The molecule has 0 fully saturated rings. The lowest BCUT2D eigenvalue weighted by atomic mass is 10.8. The van der Waals surface area contributed by atoms with Gasteiger partial charge in [0, 0.05) is 0 Å². The summed E-state index contributed by atoms with van der Waals surface area (Å²) in [6.07, 6.45) is 0. The molecule has 0 aromatic rings. The number of rotatable bonds is 5. The molecule has 0 aromatic heterocycles. The standard InChI is InChI=1S/C4H6O4S2/c5-3(9)1-7-8-2-4(6)10/h1-2H2,(H,5,9)(H,6,10). The Hall–Kier alpha value is -0.0400. The number of hydrogen-bond acceptors (Lipinski definition) is 4. The van der Waals surface area contributed by atoms with Gasteiger partial charge in [0.05, 0.1) is 0 Å². The molecule has 0 amide bonds.